The second-order valence-corrected chi connectivity index (χ2v) is 5.48. The highest BCUT2D eigenvalue weighted by molar-refractivity contribution is 5.94. The molecule has 0 aromatic heterocycles. The number of nitrogens with zero attached hydrogens (tertiary/aromatic N) is 1. The maximum Gasteiger partial charge on any atom is 0.253 e. The average Bonchev–Trinajstić information content (AvgIpc) is 2.48. The molecule has 3 nitrogen and oxygen atoms in total. The Kier molecular flexibility index (Phi) is 5.12. The molecule has 0 aliphatic carbocycles. The number of halogens is 1. The van der Waals surface area contributed by atoms with Gasteiger partial charge < -0.3 is 10.2 Å². The summed E-state index contributed by atoms with van der Waals surface area (Å²) >= 11 is 0. The molecule has 1 aromatic carbocycles. The summed E-state index contributed by atoms with van der Waals surface area (Å²) in [6, 6.07) is 5.11. The fraction of sp³-hybridized carbons (Fsp3) is 0.562. The molecule has 1 fully saturated rings. The molecule has 0 saturated carbocycles. The Morgan fingerprint density at radius 2 is 2.10 bits per heavy atom. The first-order valence-electron chi connectivity index (χ1n) is 7.40. The van der Waals surface area contributed by atoms with E-state index >= 15 is 0 Å². The zero-order valence-electron chi connectivity index (χ0n) is 12.3. The number of likely N-dealkylation sites (tertiary alicyclic amines) is 1. The Morgan fingerprint density at radius 3 is 2.70 bits per heavy atom. The molecule has 2 rings (SSSR count). The largest absolute Gasteiger partial charge is 0.339 e. The van der Waals surface area contributed by atoms with E-state index in [1.54, 1.807) is 19.1 Å². The van der Waals surface area contributed by atoms with Crippen molar-refractivity contribution in [2.45, 2.75) is 39.2 Å². The van der Waals surface area contributed by atoms with Crippen molar-refractivity contribution in [2.75, 3.05) is 19.6 Å². The van der Waals surface area contributed by atoms with E-state index < -0.39 is 0 Å². The van der Waals surface area contributed by atoms with Crippen LogP contribution in [0.15, 0.2) is 18.2 Å². The molecule has 1 aliphatic heterocycles. The first-order valence-corrected chi connectivity index (χ1v) is 7.40. The van der Waals surface area contributed by atoms with Gasteiger partial charge >= 0.3 is 0 Å². The third-order valence-electron chi connectivity index (χ3n) is 3.87. The molecule has 1 aliphatic rings. The molecule has 4 heteroatoms. The minimum atomic E-state index is -0.260. The summed E-state index contributed by atoms with van der Waals surface area (Å²) in [4.78, 5) is 14.2. The molecule has 1 heterocycles. The minimum absolute atomic E-state index is 0.0158. The predicted molar refractivity (Wildman–Crippen MR) is 78.4 cm³/mol. The van der Waals surface area contributed by atoms with Crippen LogP contribution in [0, 0.1) is 12.7 Å². The van der Waals surface area contributed by atoms with Crippen LogP contribution < -0.4 is 5.32 Å². The number of nitrogens with one attached hydrogen (secondary N) is 1. The zero-order valence-corrected chi connectivity index (χ0v) is 12.3. The summed E-state index contributed by atoms with van der Waals surface area (Å²) < 4.78 is 13.2. The summed E-state index contributed by atoms with van der Waals surface area (Å²) in [6.45, 7) is 6.43. The van der Waals surface area contributed by atoms with E-state index in [0.29, 0.717) is 17.2 Å². The van der Waals surface area contributed by atoms with Crippen molar-refractivity contribution in [3.05, 3.63) is 35.1 Å². The van der Waals surface area contributed by atoms with Crippen molar-refractivity contribution < 1.29 is 9.18 Å². The maximum atomic E-state index is 13.2. The Morgan fingerprint density at radius 1 is 1.40 bits per heavy atom. The van der Waals surface area contributed by atoms with Gasteiger partial charge in [-0.1, -0.05) is 6.92 Å². The molecule has 1 N–H and O–H groups in total. The van der Waals surface area contributed by atoms with Crippen LogP contribution in [0.25, 0.3) is 0 Å². The number of aryl methyl sites for hydroxylation is 1. The summed E-state index contributed by atoms with van der Waals surface area (Å²) in [7, 11) is 0. The van der Waals surface area contributed by atoms with Crippen LogP contribution in [0.5, 0.6) is 0 Å². The molecule has 0 unspecified atom stereocenters. The molecule has 110 valence electrons. The SMILES string of the molecule is CCCNC1CCN(C(=O)c2ccc(F)c(C)c2)CC1. The van der Waals surface area contributed by atoms with Crippen LogP contribution in [0.1, 0.15) is 42.1 Å². The smallest absolute Gasteiger partial charge is 0.253 e. The third-order valence-corrected chi connectivity index (χ3v) is 3.87. The quantitative estimate of drug-likeness (QED) is 0.918. The van der Waals surface area contributed by atoms with Gasteiger partial charge in [-0.05, 0) is 56.5 Å². The number of benzene rings is 1. The fourth-order valence-corrected chi connectivity index (χ4v) is 2.60. The van der Waals surface area contributed by atoms with Gasteiger partial charge in [0.05, 0.1) is 0 Å². The van der Waals surface area contributed by atoms with E-state index in [-0.39, 0.29) is 11.7 Å². The van der Waals surface area contributed by atoms with Crippen LogP contribution in [0.3, 0.4) is 0 Å². The van der Waals surface area contributed by atoms with E-state index in [1.807, 2.05) is 4.90 Å². The van der Waals surface area contributed by atoms with Crippen molar-refractivity contribution in [2.24, 2.45) is 0 Å². The van der Waals surface area contributed by atoms with E-state index in [0.717, 1.165) is 38.9 Å². The van der Waals surface area contributed by atoms with Gasteiger partial charge in [0, 0.05) is 24.7 Å². The van der Waals surface area contributed by atoms with Gasteiger partial charge in [0.2, 0.25) is 0 Å². The first kappa shape index (κ1) is 15.0. The molecule has 1 amide bonds. The Balaban J connectivity index is 1.92. The predicted octanol–water partition coefficient (Wildman–Crippen LogP) is 2.74. The molecule has 1 aromatic rings. The Hall–Kier alpha value is -1.42. The highest BCUT2D eigenvalue weighted by Crippen LogP contribution is 2.16. The van der Waals surface area contributed by atoms with E-state index in [4.69, 9.17) is 0 Å². The second-order valence-electron chi connectivity index (χ2n) is 5.48. The first-order chi connectivity index (χ1) is 9.61. The van der Waals surface area contributed by atoms with Crippen molar-refractivity contribution in [3.63, 3.8) is 0 Å². The van der Waals surface area contributed by atoms with Gasteiger partial charge in [0.1, 0.15) is 5.82 Å². The van der Waals surface area contributed by atoms with Gasteiger partial charge in [0.15, 0.2) is 0 Å². The van der Waals surface area contributed by atoms with Gasteiger partial charge in [-0.15, -0.1) is 0 Å². The molecule has 0 atom stereocenters. The van der Waals surface area contributed by atoms with E-state index in [1.165, 1.54) is 6.07 Å². The highest BCUT2D eigenvalue weighted by atomic mass is 19.1. The molecule has 0 spiro atoms. The van der Waals surface area contributed by atoms with E-state index in [2.05, 4.69) is 12.2 Å². The fourth-order valence-electron chi connectivity index (χ4n) is 2.60. The summed E-state index contributed by atoms with van der Waals surface area (Å²) in [5, 5.41) is 3.50. The second kappa shape index (κ2) is 6.84. The standard InChI is InChI=1S/C16H23FN2O/c1-3-8-18-14-6-9-19(10-7-14)16(20)13-4-5-15(17)12(2)11-13/h4-5,11,14,18H,3,6-10H2,1-2H3. The van der Waals surface area contributed by atoms with Crippen LogP contribution in [-0.4, -0.2) is 36.5 Å². The van der Waals surface area contributed by atoms with Gasteiger partial charge in [-0.25, -0.2) is 4.39 Å². The molecule has 0 bridgehead atoms. The maximum absolute atomic E-state index is 13.2. The third kappa shape index (κ3) is 3.57. The number of piperidine rings is 1. The van der Waals surface area contributed by atoms with Crippen LogP contribution in [0.2, 0.25) is 0 Å². The van der Waals surface area contributed by atoms with Crippen LogP contribution in [-0.2, 0) is 0 Å². The lowest BCUT2D eigenvalue weighted by Crippen LogP contribution is -2.45. The number of amides is 1. The summed E-state index contributed by atoms with van der Waals surface area (Å²) in [6.07, 6.45) is 3.12. The van der Waals surface area contributed by atoms with Crippen LogP contribution >= 0.6 is 0 Å². The number of carbonyl (C=O) groups is 1. The molecular weight excluding hydrogens is 255 g/mol. The van der Waals surface area contributed by atoms with Gasteiger partial charge in [-0.2, -0.15) is 0 Å². The summed E-state index contributed by atoms with van der Waals surface area (Å²) in [5.74, 6) is -0.244. The highest BCUT2D eigenvalue weighted by Gasteiger charge is 2.23. The minimum Gasteiger partial charge on any atom is -0.339 e. The number of rotatable bonds is 4. The lowest BCUT2D eigenvalue weighted by Gasteiger charge is -2.32. The van der Waals surface area contributed by atoms with Crippen molar-refractivity contribution in [1.29, 1.82) is 0 Å². The Labute approximate surface area is 120 Å². The van der Waals surface area contributed by atoms with Crippen molar-refractivity contribution in [1.82, 2.24) is 10.2 Å². The van der Waals surface area contributed by atoms with Crippen LogP contribution in [0.4, 0.5) is 4.39 Å². The molecular formula is C16H23FN2O. The Bertz CT molecular complexity index is 468. The van der Waals surface area contributed by atoms with Gasteiger partial charge in [0.25, 0.3) is 5.91 Å². The van der Waals surface area contributed by atoms with E-state index in [9.17, 15) is 9.18 Å². The summed E-state index contributed by atoms with van der Waals surface area (Å²) in [5.41, 5.74) is 1.11. The lowest BCUT2D eigenvalue weighted by atomic mass is 10.0. The zero-order chi connectivity index (χ0) is 14.5. The van der Waals surface area contributed by atoms with Gasteiger partial charge in [-0.3, -0.25) is 4.79 Å². The normalized spacial score (nSPS) is 16.4. The topological polar surface area (TPSA) is 32.3 Å². The number of hydrogen-bond acceptors (Lipinski definition) is 2. The lowest BCUT2D eigenvalue weighted by molar-refractivity contribution is 0.0705. The van der Waals surface area contributed by atoms with Crippen molar-refractivity contribution >= 4 is 5.91 Å². The van der Waals surface area contributed by atoms with Crippen molar-refractivity contribution in [3.8, 4) is 0 Å². The number of carbonyl (C=O) groups excluding carboxylic acids is 1. The average molecular weight is 278 g/mol. The number of hydrogen-bond donors (Lipinski definition) is 1. The molecule has 20 heavy (non-hydrogen) atoms. The monoisotopic (exact) mass is 278 g/mol. The molecule has 0 radical (unpaired) electrons. The molecule has 1 saturated heterocycles.